The molecular weight excluding hydrogens is 461 g/mol. The SMILES string of the molecule is CN=C(NCC(C)c1cccs1)N(C)CCOc1ccc(OC)cc1.I. The fraction of sp³-hybridized carbons (Fsp3) is 0.421. The lowest BCUT2D eigenvalue weighted by Crippen LogP contribution is -2.42. The first-order chi connectivity index (χ1) is 12.1. The van der Waals surface area contributed by atoms with Crippen LogP contribution < -0.4 is 14.8 Å². The zero-order chi connectivity index (χ0) is 18.1. The maximum absolute atomic E-state index is 5.78. The molecule has 0 aliphatic heterocycles. The number of methoxy groups -OCH3 is 1. The Morgan fingerprint density at radius 3 is 2.50 bits per heavy atom. The highest BCUT2D eigenvalue weighted by Crippen LogP contribution is 2.19. The van der Waals surface area contributed by atoms with Crippen molar-refractivity contribution in [3.63, 3.8) is 0 Å². The lowest BCUT2D eigenvalue weighted by molar-refractivity contribution is 0.281. The fourth-order valence-corrected chi connectivity index (χ4v) is 3.17. The van der Waals surface area contributed by atoms with Gasteiger partial charge in [-0.15, -0.1) is 35.3 Å². The Balaban J connectivity index is 0.00000338. The molecule has 1 heterocycles. The standard InChI is InChI=1S/C19H27N3O2S.HI/c1-15(18-6-5-13-25-18)14-21-19(20-2)22(3)11-12-24-17-9-7-16(23-4)8-10-17;/h5-10,13,15H,11-12,14H2,1-4H3,(H,20,21);1H. The van der Waals surface area contributed by atoms with Gasteiger partial charge in [-0.3, -0.25) is 4.99 Å². The minimum Gasteiger partial charge on any atom is -0.497 e. The average molecular weight is 489 g/mol. The summed E-state index contributed by atoms with van der Waals surface area (Å²) in [5, 5.41) is 5.55. The maximum atomic E-state index is 5.78. The molecule has 1 aromatic carbocycles. The van der Waals surface area contributed by atoms with Gasteiger partial charge in [-0.1, -0.05) is 13.0 Å². The molecule has 26 heavy (non-hydrogen) atoms. The molecule has 2 rings (SSSR count). The number of hydrogen-bond donors (Lipinski definition) is 1. The molecule has 5 nitrogen and oxygen atoms in total. The number of guanidine groups is 1. The van der Waals surface area contributed by atoms with Crippen LogP contribution in [-0.2, 0) is 0 Å². The van der Waals surface area contributed by atoms with Crippen molar-refractivity contribution in [2.24, 2.45) is 4.99 Å². The van der Waals surface area contributed by atoms with E-state index >= 15 is 0 Å². The summed E-state index contributed by atoms with van der Waals surface area (Å²) in [4.78, 5) is 7.81. The summed E-state index contributed by atoms with van der Waals surface area (Å²) in [6.07, 6.45) is 0. The molecule has 0 saturated heterocycles. The molecule has 0 saturated carbocycles. The normalized spacial score (nSPS) is 12.1. The van der Waals surface area contributed by atoms with Crippen LogP contribution in [0, 0.1) is 0 Å². The molecular formula is C19H28IN3O2S. The molecule has 0 aliphatic carbocycles. The van der Waals surface area contributed by atoms with Gasteiger partial charge < -0.3 is 19.7 Å². The average Bonchev–Trinajstić information content (AvgIpc) is 3.17. The van der Waals surface area contributed by atoms with Crippen molar-refractivity contribution in [3.8, 4) is 11.5 Å². The number of ether oxygens (including phenoxy) is 2. The molecule has 0 fully saturated rings. The van der Waals surface area contributed by atoms with Crippen LogP contribution in [0.4, 0.5) is 0 Å². The van der Waals surface area contributed by atoms with Gasteiger partial charge >= 0.3 is 0 Å². The minimum absolute atomic E-state index is 0. The van der Waals surface area contributed by atoms with Crippen molar-refractivity contribution < 1.29 is 9.47 Å². The second kappa shape index (κ2) is 12.0. The summed E-state index contributed by atoms with van der Waals surface area (Å²) >= 11 is 1.79. The third-order valence-corrected chi connectivity index (χ3v) is 5.03. The number of aliphatic imine (C=N–C) groups is 1. The van der Waals surface area contributed by atoms with Crippen molar-refractivity contribution >= 4 is 41.3 Å². The Hall–Kier alpha value is -1.48. The predicted octanol–water partition coefficient (Wildman–Crippen LogP) is 4.06. The van der Waals surface area contributed by atoms with Crippen LogP contribution in [0.5, 0.6) is 11.5 Å². The molecule has 0 bridgehead atoms. The molecule has 0 amide bonds. The van der Waals surface area contributed by atoms with Crippen molar-refractivity contribution in [1.82, 2.24) is 10.2 Å². The first kappa shape index (κ1) is 22.6. The molecule has 1 N–H and O–H groups in total. The summed E-state index contributed by atoms with van der Waals surface area (Å²) in [6, 6.07) is 11.9. The Bertz CT molecular complexity index is 647. The van der Waals surface area contributed by atoms with Crippen LogP contribution >= 0.6 is 35.3 Å². The zero-order valence-electron chi connectivity index (χ0n) is 15.8. The summed E-state index contributed by atoms with van der Waals surface area (Å²) in [6.45, 7) is 4.42. The smallest absolute Gasteiger partial charge is 0.193 e. The maximum Gasteiger partial charge on any atom is 0.193 e. The highest BCUT2D eigenvalue weighted by Gasteiger charge is 2.10. The van der Waals surface area contributed by atoms with E-state index in [-0.39, 0.29) is 24.0 Å². The van der Waals surface area contributed by atoms with Crippen molar-refractivity contribution in [1.29, 1.82) is 0 Å². The van der Waals surface area contributed by atoms with Gasteiger partial charge in [0, 0.05) is 31.4 Å². The fourth-order valence-electron chi connectivity index (χ4n) is 2.38. The Morgan fingerprint density at radius 2 is 1.92 bits per heavy atom. The van der Waals surface area contributed by atoms with Crippen LogP contribution in [0.1, 0.15) is 17.7 Å². The van der Waals surface area contributed by atoms with E-state index in [0.29, 0.717) is 12.5 Å². The Kier molecular flexibility index (Phi) is 10.4. The molecule has 144 valence electrons. The largest absolute Gasteiger partial charge is 0.497 e. The molecule has 1 aromatic heterocycles. The number of thiophene rings is 1. The van der Waals surface area contributed by atoms with E-state index in [1.54, 1.807) is 25.5 Å². The van der Waals surface area contributed by atoms with Crippen LogP contribution in [0.25, 0.3) is 0 Å². The van der Waals surface area contributed by atoms with Gasteiger partial charge in [-0.25, -0.2) is 0 Å². The monoisotopic (exact) mass is 489 g/mol. The van der Waals surface area contributed by atoms with E-state index in [1.807, 2.05) is 31.3 Å². The highest BCUT2D eigenvalue weighted by atomic mass is 127. The third-order valence-electron chi connectivity index (χ3n) is 3.92. The van der Waals surface area contributed by atoms with E-state index in [2.05, 4.69) is 39.6 Å². The van der Waals surface area contributed by atoms with E-state index in [1.165, 1.54) is 4.88 Å². The van der Waals surface area contributed by atoms with Crippen molar-refractivity contribution in [2.45, 2.75) is 12.8 Å². The molecule has 1 unspecified atom stereocenters. The van der Waals surface area contributed by atoms with Gasteiger partial charge in [-0.05, 0) is 35.7 Å². The first-order valence-corrected chi connectivity index (χ1v) is 9.24. The summed E-state index contributed by atoms with van der Waals surface area (Å²) in [5.74, 6) is 3.00. The first-order valence-electron chi connectivity index (χ1n) is 8.36. The van der Waals surface area contributed by atoms with Gasteiger partial charge in [0.05, 0.1) is 13.7 Å². The number of likely N-dealkylation sites (N-methyl/N-ethyl adjacent to an activating group) is 1. The quantitative estimate of drug-likeness (QED) is 0.345. The molecule has 2 aromatic rings. The van der Waals surface area contributed by atoms with E-state index in [4.69, 9.17) is 9.47 Å². The summed E-state index contributed by atoms with van der Waals surface area (Å²) in [5.41, 5.74) is 0. The lowest BCUT2D eigenvalue weighted by Gasteiger charge is -2.23. The lowest BCUT2D eigenvalue weighted by atomic mass is 10.1. The minimum atomic E-state index is 0. The number of rotatable bonds is 8. The molecule has 0 radical (unpaired) electrons. The number of nitrogens with zero attached hydrogens (tertiary/aromatic N) is 2. The molecule has 0 aliphatic rings. The second-order valence-corrected chi connectivity index (χ2v) is 6.77. The second-order valence-electron chi connectivity index (χ2n) is 5.79. The zero-order valence-corrected chi connectivity index (χ0v) is 18.9. The van der Waals surface area contributed by atoms with Crippen molar-refractivity contribution in [2.75, 3.05) is 40.9 Å². The predicted molar refractivity (Wildman–Crippen MR) is 121 cm³/mol. The highest BCUT2D eigenvalue weighted by molar-refractivity contribution is 14.0. The van der Waals surface area contributed by atoms with E-state index in [9.17, 15) is 0 Å². The van der Waals surface area contributed by atoms with Gasteiger partial charge in [0.2, 0.25) is 0 Å². The van der Waals surface area contributed by atoms with Crippen LogP contribution in [0.3, 0.4) is 0 Å². The molecule has 7 heteroatoms. The van der Waals surface area contributed by atoms with Gasteiger partial charge in [0.15, 0.2) is 5.96 Å². The van der Waals surface area contributed by atoms with Crippen LogP contribution in [-0.4, -0.2) is 51.8 Å². The number of benzene rings is 1. The Morgan fingerprint density at radius 1 is 1.23 bits per heavy atom. The number of halogens is 1. The van der Waals surface area contributed by atoms with Gasteiger partial charge in [0.25, 0.3) is 0 Å². The van der Waals surface area contributed by atoms with Gasteiger partial charge in [0.1, 0.15) is 18.1 Å². The molecule has 1 atom stereocenters. The van der Waals surface area contributed by atoms with E-state index in [0.717, 1.165) is 30.5 Å². The summed E-state index contributed by atoms with van der Waals surface area (Å²) in [7, 11) is 5.48. The number of hydrogen-bond acceptors (Lipinski definition) is 4. The Labute approximate surface area is 177 Å². The van der Waals surface area contributed by atoms with Crippen LogP contribution in [0.15, 0.2) is 46.8 Å². The van der Waals surface area contributed by atoms with E-state index < -0.39 is 0 Å². The summed E-state index contributed by atoms with van der Waals surface area (Å²) < 4.78 is 10.9. The topological polar surface area (TPSA) is 46.1 Å². The number of nitrogens with one attached hydrogen (secondary N) is 1. The van der Waals surface area contributed by atoms with Gasteiger partial charge in [-0.2, -0.15) is 0 Å². The molecule has 0 spiro atoms. The van der Waals surface area contributed by atoms with Crippen LogP contribution in [0.2, 0.25) is 0 Å². The third kappa shape index (κ3) is 7.03. The van der Waals surface area contributed by atoms with Crippen molar-refractivity contribution in [3.05, 3.63) is 46.7 Å².